The van der Waals surface area contributed by atoms with Crippen molar-refractivity contribution in [3.05, 3.63) is 65.5 Å². The summed E-state index contributed by atoms with van der Waals surface area (Å²) < 4.78 is 5.13. The highest BCUT2D eigenvalue weighted by molar-refractivity contribution is 5.32. The van der Waals surface area contributed by atoms with E-state index in [1.54, 1.807) is 7.11 Å². The summed E-state index contributed by atoms with van der Waals surface area (Å²) in [5.41, 5.74) is 3.79. The van der Waals surface area contributed by atoms with Crippen LogP contribution >= 0.6 is 0 Å². The van der Waals surface area contributed by atoms with Gasteiger partial charge in [-0.1, -0.05) is 37.3 Å². The number of aromatic nitrogens is 1. The van der Waals surface area contributed by atoms with E-state index in [4.69, 9.17) is 4.74 Å². The first-order chi connectivity index (χ1) is 10.3. The quantitative estimate of drug-likeness (QED) is 0.807. The average Bonchev–Trinajstić information content (AvgIpc) is 2.55. The summed E-state index contributed by atoms with van der Waals surface area (Å²) >= 11 is 0. The molecule has 0 saturated heterocycles. The molecule has 0 amide bonds. The standard InChI is InChI=1S/C18H24N2O/c1-3-11-20-18(17-5-4-12-19-14-17)16-8-6-15(7-9-16)10-13-21-2/h4-9,12,14,18,20H,3,10-11,13H2,1-2H3. The molecule has 0 saturated carbocycles. The summed E-state index contributed by atoms with van der Waals surface area (Å²) in [6.45, 7) is 3.94. The van der Waals surface area contributed by atoms with Crippen molar-refractivity contribution in [3.8, 4) is 0 Å². The van der Waals surface area contributed by atoms with Crippen molar-refractivity contribution in [3.63, 3.8) is 0 Å². The summed E-state index contributed by atoms with van der Waals surface area (Å²) in [7, 11) is 1.74. The van der Waals surface area contributed by atoms with Gasteiger partial charge in [0.1, 0.15) is 0 Å². The highest BCUT2D eigenvalue weighted by Crippen LogP contribution is 2.22. The van der Waals surface area contributed by atoms with E-state index in [0.717, 1.165) is 26.0 Å². The van der Waals surface area contributed by atoms with E-state index in [2.05, 4.69) is 47.6 Å². The molecular formula is C18H24N2O. The molecule has 1 aromatic heterocycles. The first-order valence-corrected chi connectivity index (χ1v) is 7.56. The van der Waals surface area contributed by atoms with E-state index >= 15 is 0 Å². The lowest BCUT2D eigenvalue weighted by Crippen LogP contribution is -2.23. The molecule has 1 unspecified atom stereocenters. The number of nitrogens with one attached hydrogen (secondary N) is 1. The third kappa shape index (κ3) is 4.66. The number of methoxy groups -OCH3 is 1. The Labute approximate surface area is 127 Å². The van der Waals surface area contributed by atoms with E-state index in [0.29, 0.717) is 0 Å². The van der Waals surface area contributed by atoms with Gasteiger partial charge >= 0.3 is 0 Å². The minimum Gasteiger partial charge on any atom is -0.384 e. The molecule has 112 valence electrons. The second kappa shape index (κ2) is 8.55. The van der Waals surface area contributed by atoms with Crippen LogP contribution < -0.4 is 5.32 Å². The molecule has 0 radical (unpaired) electrons. The van der Waals surface area contributed by atoms with Gasteiger partial charge in [0.25, 0.3) is 0 Å². The van der Waals surface area contributed by atoms with Gasteiger partial charge in [-0.2, -0.15) is 0 Å². The molecule has 0 fully saturated rings. The molecule has 3 heteroatoms. The third-order valence-corrected chi connectivity index (χ3v) is 3.52. The van der Waals surface area contributed by atoms with Gasteiger partial charge in [0.05, 0.1) is 12.6 Å². The molecule has 0 aliphatic carbocycles. The van der Waals surface area contributed by atoms with Gasteiger partial charge in [-0.05, 0) is 42.1 Å². The Bertz CT molecular complexity index is 511. The molecule has 2 aromatic rings. The number of ether oxygens (including phenoxy) is 1. The van der Waals surface area contributed by atoms with Crippen LogP contribution in [0, 0.1) is 0 Å². The molecular weight excluding hydrogens is 260 g/mol. The molecule has 1 heterocycles. The lowest BCUT2D eigenvalue weighted by Gasteiger charge is -2.19. The average molecular weight is 284 g/mol. The SMILES string of the molecule is CCCNC(c1ccc(CCOC)cc1)c1cccnc1. The van der Waals surface area contributed by atoms with E-state index in [-0.39, 0.29) is 6.04 Å². The fourth-order valence-electron chi connectivity index (χ4n) is 2.36. The lowest BCUT2D eigenvalue weighted by molar-refractivity contribution is 0.202. The van der Waals surface area contributed by atoms with Crippen LogP contribution in [0.3, 0.4) is 0 Å². The zero-order valence-electron chi connectivity index (χ0n) is 12.9. The van der Waals surface area contributed by atoms with E-state index in [1.165, 1.54) is 16.7 Å². The minimum absolute atomic E-state index is 0.204. The highest BCUT2D eigenvalue weighted by atomic mass is 16.5. The van der Waals surface area contributed by atoms with Crippen molar-refractivity contribution in [1.82, 2.24) is 10.3 Å². The maximum Gasteiger partial charge on any atom is 0.0591 e. The van der Waals surface area contributed by atoms with Crippen LogP contribution in [0.2, 0.25) is 0 Å². The molecule has 1 atom stereocenters. The fraction of sp³-hybridized carbons (Fsp3) is 0.389. The maximum absolute atomic E-state index is 5.13. The normalized spacial score (nSPS) is 12.3. The topological polar surface area (TPSA) is 34.1 Å². The van der Waals surface area contributed by atoms with Crippen molar-refractivity contribution in [2.45, 2.75) is 25.8 Å². The van der Waals surface area contributed by atoms with Gasteiger partial charge in [0, 0.05) is 19.5 Å². The van der Waals surface area contributed by atoms with Crippen molar-refractivity contribution in [1.29, 1.82) is 0 Å². The van der Waals surface area contributed by atoms with Crippen LogP contribution in [0.5, 0.6) is 0 Å². The molecule has 0 aliphatic heterocycles. The van der Waals surface area contributed by atoms with Gasteiger partial charge in [-0.15, -0.1) is 0 Å². The number of nitrogens with zero attached hydrogens (tertiary/aromatic N) is 1. The predicted molar refractivity (Wildman–Crippen MR) is 86.4 cm³/mol. The van der Waals surface area contributed by atoms with Crippen molar-refractivity contribution in [2.24, 2.45) is 0 Å². The monoisotopic (exact) mass is 284 g/mol. The van der Waals surface area contributed by atoms with E-state index in [9.17, 15) is 0 Å². The van der Waals surface area contributed by atoms with E-state index < -0.39 is 0 Å². The predicted octanol–water partition coefficient (Wildman–Crippen LogP) is 3.36. The van der Waals surface area contributed by atoms with Gasteiger partial charge in [-0.3, -0.25) is 4.98 Å². The first kappa shape index (κ1) is 15.7. The number of pyridine rings is 1. The third-order valence-electron chi connectivity index (χ3n) is 3.52. The summed E-state index contributed by atoms with van der Waals surface area (Å²) in [6.07, 6.45) is 5.82. The summed E-state index contributed by atoms with van der Waals surface area (Å²) in [5.74, 6) is 0. The zero-order valence-corrected chi connectivity index (χ0v) is 12.9. The van der Waals surface area contributed by atoms with Crippen LogP contribution in [0.15, 0.2) is 48.8 Å². The second-order valence-corrected chi connectivity index (χ2v) is 5.16. The lowest BCUT2D eigenvalue weighted by atomic mass is 9.98. The van der Waals surface area contributed by atoms with Crippen molar-refractivity contribution in [2.75, 3.05) is 20.3 Å². The van der Waals surface area contributed by atoms with Crippen LogP contribution in [0.25, 0.3) is 0 Å². The van der Waals surface area contributed by atoms with Gasteiger partial charge in [0.2, 0.25) is 0 Å². The summed E-state index contributed by atoms with van der Waals surface area (Å²) in [4.78, 5) is 4.24. The van der Waals surface area contributed by atoms with Gasteiger partial charge in [0.15, 0.2) is 0 Å². The minimum atomic E-state index is 0.204. The summed E-state index contributed by atoms with van der Waals surface area (Å²) in [5, 5.41) is 3.60. The number of hydrogen-bond acceptors (Lipinski definition) is 3. The number of hydrogen-bond donors (Lipinski definition) is 1. The smallest absolute Gasteiger partial charge is 0.0591 e. The van der Waals surface area contributed by atoms with Crippen molar-refractivity contribution >= 4 is 0 Å². The number of benzene rings is 1. The second-order valence-electron chi connectivity index (χ2n) is 5.16. The number of rotatable bonds is 8. The Morgan fingerprint density at radius 1 is 1.14 bits per heavy atom. The molecule has 21 heavy (non-hydrogen) atoms. The molecule has 0 spiro atoms. The first-order valence-electron chi connectivity index (χ1n) is 7.56. The van der Waals surface area contributed by atoms with Crippen LogP contribution in [-0.2, 0) is 11.2 Å². The molecule has 2 rings (SSSR count). The Morgan fingerprint density at radius 2 is 1.95 bits per heavy atom. The van der Waals surface area contributed by atoms with Crippen LogP contribution in [-0.4, -0.2) is 25.2 Å². The molecule has 3 nitrogen and oxygen atoms in total. The van der Waals surface area contributed by atoms with Crippen LogP contribution in [0.4, 0.5) is 0 Å². The van der Waals surface area contributed by atoms with E-state index in [1.807, 2.05) is 18.5 Å². The fourth-order valence-corrected chi connectivity index (χ4v) is 2.36. The largest absolute Gasteiger partial charge is 0.384 e. The highest BCUT2D eigenvalue weighted by Gasteiger charge is 2.13. The molecule has 1 aromatic carbocycles. The summed E-state index contributed by atoms with van der Waals surface area (Å²) in [6, 6.07) is 13.1. The molecule has 0 bridgehead atoms. The molecule has 0 aliphatic rings. The van der Waals surface area contributed by atoms with Gasteiger partial charge in [-0.25, -0.2) is 0 Å². The molecule has 1 N–H and O–H groups in total. The Morgan fingerprint density at radius 3 is 2.57 bits per heavy atom. The Balaban J connectivity index is 2.16. The Hall–Kier alpha value is -1.71. The Kier molecular flexibility index (Phi) is 6.38. The zero-order chi connectivity index (χ0) is 14.9. The maximum atomic E-state index is 5.13. The van der Waals surface area contributed by atoms with Crippen LogP contribution in [0.1, 0.15) is 36.1 Å². The van der Waals surface area contributed by atoms with Crippen molar-refractivity contribution < 1.29 is 4.74 Å². The van der Waals surface area contributed by atoms with Gasteiger partial charge < -0.3 is 10.1 Å².